The molecule has 1 aromatic carbocycles. The van der Waals surface area contributed by atoms with Crippen LogP contribution < -0.4 is 5.32 Å². The Labute approximate surface area is 107 Å². The maximum Gasteiger partial charge on any atom is 0.123 e. The first-order valence-corrected chi connectivity index (χ1v) is 6.16. The molecule has 1 aromatic rings. The Balaban J connectivity index is 2.81. The van der Waals surface area contributed by atoms with Crippen molar-refractivity contribution in [3.63, 3.8) is 0 Å². The fourth-order valence-electron chi connectivity index (χ4n) is 1.77. The largest absolute Gasteiger partial charge is 0.380 e. The van der Waals surface area contributed by atoms with E-state index < -0.39 is 0 Å². The molecule has 4 heteroatoms. The molecule has 2 atom stereocenters. The Bertz CT molecular complexity index is 359. The van der Waals surface area contributed by atoms with Crippen LogP contribution in [0.25, 0.3) is 0 Å². The summed E-state index contributed by atoms with van der Waals surface area (Å²) in [5.41, 5.74) is 0.807. The second kappa shape index (κ2) is 6.94. The van der Waals surface area contributed by atoms with Gasteiger partial charge in [0, 0.05) is 18.2 Å². The van der Waals surface area contributed by atoms with Crippen LogP contribution in [0.4, 0.5) is 4.39 Å². The van der Waals surface area contributed by atoms with Gasteiger partial charge in [0.2, 0.25) is 0 Å². The maximum absolute atomic E-state index is 13.2. The molecule has 0 amide bonds. The molecule has 17 heavy (non-hydrogen) atoms. The van der Waals surface area contributed by atoms with E-state index in [1.165, 1.54) is 12.1 Å². The molecule has 0 heterocycles. The Morgan fingerprint density at radius 2 is 2.18 bits per heavy atom. The van der Waals surface area contributed by atoms with Gasteiger partial charge in [0.1, 0.15) is 5.82 Å². The number of ether oxygens (including phenoxy) is 1. The molecule has 0 aliphatic carbocycles. The standard InChI is InChI=1S/C13H19ClFNO/c1-4-16-13(9(2)17-3)8-10-7-11(15)5-6-12(10)14/h5-7,9,13,16H,4,8H2,1-3H3. The fourth-order valence-corrected chi connectivity index (χ4v) is 1.96. The molecule has 0 radical (unpaired) electrons. The molecular formula is C13H19ClFNO. The maximum atomic E-state index is 13.2. The highest BCUT2D eigenvalue weighted by molar-refractivity contribution is 6.31. The molecule has 2 unspecified atom stereocenters. The van der Waals surface area contributed by atoms with Crippen LogP contribution in [0.3, 0.4) is 0 Å². The molecule has 0 bridgehead atoms. The fraction of sp³-hybridized carbons (Fsp3) is 0.538. The first kappa shape index (κ1) is 14.4. The number of likely N-dealkylation sites (N-methyl/N-ethyl adjacent to an activating group) is 1. The Morgan fingerprint density at radius 1 is 1.47 bits per heavy atom. The number of methoxy groups -OCH3 is 1. The second-order valence-corrected chi connectivity index (χ2v) is 4.45. The van der Waals surface area contributed by atoms with E-state index in [2.05, 4.69) is 5.32 Å². The van der Waals surface area contributed by atoms with E-state index in [0.717, 1.165) is 12.1 Å². The van der Waals surface area contributed by atoms with Gasteiger partial charge >= 0.3 is 0 Å². The molecule has 0 aliphatic heterocycles. The van der Waals surface area contributed by atoms with Crippen molar-refractivity contribution < 1.29 is 9.13 Å². The topological polar surface area (TPSA) is 21.3 Å². The summed E-state index contributed by atoms with van der Waals surface area (Å²) < 4.78 is 18.5. The molecule has 0 spiro atoms. The Hall–Kier alpha value is -0.640. The van der Waals surface area contributed by atoms with Gasteiger partial charge in [-0.25, -0.2) is 4.39 Å². The number of halogens is 2. The predicted molar refractivity (Wildman–Crippen MR) is 69.0 cm³/mol. The highest BCUT2D eigenvalue weighted by atomic mass is 35.5. The summed E-state index contributed by atoms with van der Waals surface area (Å²) in [6, 6.07) is 4.57. The number of hydrogen-bond acceptors (Lipinski definition) is 2. The smallest absolute Gasteiger partial charge is 0.123 e. The van der Waals surface area contributed by atoms with Crippen LogP contribution in [0.5, 0.6) is 0 Å². The lowest BCUT2D eigenvalue weighted by atomic mass is 10.0. The molecule has 1 N–H and O–H groups in total. The van der Waals surface area contributed by atoms with Crippen LogP contribution in [-0.2, 0) is 11.2 Å². The number of nitrogens with one attached hydrogen (secondary N) is 1. The van der Waals surface area contributed by atoms with Gasteiger partial charge in [-0.1, -0.05) is 18.5 Å². The molecular weight excluding hydrogens is 241 g/mol. The van der Waals surface area contributed by atoms with E-state index >= 15 is 0 Å². The monoisotopic (exact) mass is 259 g/mol. The lowest BCUT2D eigenvalue weighted by Crippen LogP contribution is -2.41. The van der Waals surface area contributed by atoms with Crippen LogP contribution in [0.15, 0.2) is 18.2 Å². The summed E-state index contributed by atoms with van der Waals surface area (Å²) in [5.74, 6) is -0.260. The highest BCUT2D eigenvalue weighted by Gasteiger charge is 2.17. The van der Waals surface area contributed by atoms with Gasteiger partial charge in [0.25, 0.3) is 0 Å². The van der Waals surface area contributed by atoms with E-state index in [9.17, 15) is 4.39 Å². The average Bonchev–Trinajstić information content (AvgIpc) is 2.32. The minimum absolute atomic E-state index is 0.0503. The summed E-state index contributed by atoms with van der Waals surface area (Å²) in [4.78, 5) is 0. The predicted octanol–water partition coefficient (Wildman–Crippen LogP) is 3.03. The van der Waals surface area contributed by atoms with E-state index in [4.69, 9.17) is 16.3 Å². The van der Waals surface area contributed by atoms with Crippen molar-refractivity contribution in [2.75, 3.05) is 13.7 Å². The van der Waals surface area contributed by atoms with Gasteiger partial charge in [-0.2, -0.15) is 0 Å². The molecule has 0 fully saturated rings. The van der Waals surface area contributed by atoms with Gasteiger partial charge in [-0.3, -0.25) is 0 Å². The van der Waals surface area contributed by atoms with Gasteiger partial charge < -0.3 is 10.1 Å². The van der Waals surface area contributed by atoms with Crippen molar-refractivity contribution in [3.05, 3.63) is 34.6 Å². The minimum atomic E-state index is -0.260. The molecule has 2 nitrogen and oxygen atoms in total. The van der Waals surface area contributed by atoms with Crippen LogP contribution in [-0.4, -0.2) is 25.8 Å². The SMILES string of the molecule is CCNC(Cc1cc(F)ccc1Cl)C(C)OC. The molecule has 96 valence electrons. The summed E-state index contributed by atoms with van der Waals surface area (Å²) in [6.45, 7) is 4.86. The lowest BCUT2D eigenvalue weighted by molar-refractivity contribution is 0.0836. The third-order valence-electron chi connectivity index (χ3n) is 2.85. The lowest BCUT2D eigenvalue weighted by Gasteiger charge is -2.24. The molecule has 0 aliphatic rings. The van der Waals surface area contributed by atoms with Crippen molar-refractivity contribution in [1.29, 1.82) is 0 Å². The third kappa shape index (κ3) is 4.26. The normalized spacial score (nSPS) is 14.6. The van der Waals surface area contributed by atoms with Crippen LogP contribution >= 0.6 is 11.6 Å². The van der Waals surface area contributed by atoms with E-state index in [-0.39, 0.29) is 18.0 Å². The zero-order chi connectivity index (χ0) is 12.8. The third-order valence-corrected chi connectivity index (χ3v) is 3.22. The number of rotatable bonds is 6. The highest BCUT2D eigenvalue weighted by Crippen LogP contribution is 2.19. The zero-order valence-corrected chi connectivity index (χ0v) is 11.2. The number of hydrogen-bond donors (Lipinski definition) is 1. The van der Waals surface area contributed by atoms with Crippen molar-refractivity contribution in [2.45, 2.75) is 32.4 Å². The van der Waals surface area contributed by atoms with E-state index in [1.807, 2.05) is 13.8 Å². The quantitative estimate of drug-likeness (QED) is 0.848. The van der Waals surface area contributed by atoms with Gasteiger partial charge in [-0.15, -0.1) is 0 Å². The van der Waals surface area contributed by atoms with Gasteiger partial charge in [0.15, 0.2) is 0 Å². The average molecular weight is 260 g/mol. The van der Waals surface area contributed by atoms with Gasteiger partial charge in [-0.05, 0) is 43.7 Å². The number of benzene rings is 1. The molecule has 0 saturated heterocycles. The molecule has 0 aromatic heterocycles. The molecule has 0 saturated carbocycles. The zero-order valence-electron chi connectivity index (χ0n) is 10.5. The van der Waals surface area contributed by atoms with Crippen molar-refractivity contribution in [2.24, 2.45) is 0 Å². The van der Waals surface area contributed by atoms with Crippen molar-refractivity contribution in [3.8, 4) is 0 Å². The van der Waals surface area contributed by atoms with Crippen molar-refractivity contribution in [1.82, 2.24) is 5.32 Å². The van der Waals surface area contributed by atoms with Crippen LogP contribution in [0.2, 0.25) is 5.02 Å². The summed E-state index contributed by atoms with van der Waals surface area (Å²) in [5, 5.41) is 3.92. The first-order chi connectivity index (χ1) is 8.08. The Morgan fingerprint density at radius 3 is 2.76 bits per heavy atom. The molecule has 1 rings (SSSR count). The van der Waals surface area contributed by atoms with Crippen molar-refractivity contribution >= 4 is 11.6 Å². The Kier molecular flexibility index (Phi) is 5.89. The van der Waals surface area contributed by atoms with Gasteiger partial charge in [0.05, 0.1) is 6.10 Å². The second-order valence-electron chi connectivity index (χ2n) is 4.04. The summed E-state index contributed by atoms with van der Waals surface area (Å²) >= 11 is 6.05. The van der Waals surface area contributed by atoms with E-state index in [1.54, 1.807) is 13.2 Å². The van der Waals surface area contributed by atoms with E-state index in [0.29, 0.717) is 11.4 Å². The first-order valence-electron chi connectivity index (χ1n) is 5.78. The minimum Gasteiger partial charge on any atom is -0.380 e. The summed E-state index contributed by atoms with van der Waals surface area (Å²) in [7, 11) is 1.67. The summed E-state index contributed by atoms with van der Waals surface area (Å²) in [6.07, 6.45) is 0.702. The van der Waals surface area contributed by atoms with Crippen LogP contribution in [0.1, 0.15) is 19.4 Å². The van der Waals surface area contributed by atoms with Crippen LogP contribution in [0, 0.1) is 5.82 Å².